The number of benzene rings is 1. The molecule has 0 spiro atoms. The fraction of sp³-hybridized carbons (Fsp3) is 0.591. The maximum Gasteiger partial charge on any atom is 0.0934 e. The van der Waals surface area contributed by atoms with Gasteiger partial charge in [0.1, 0.15) is 0 Å². The number of unbranched alkanes of at least 4 members (excludes halogenated alkanes) is 1. The SMILES string of the molecule is CCCCC(=C=C1C(O)CCOC1(C)C)CCOCc1ccccc1. The molecule has 25 heavy (non-hydrogen) atoms. The summed E-state index contributed by atoms with van der Waals surface area (Å²) in [6.07, 6.45) is 4.32. The van der Waals surface area contributed by atoms with Gasteiger partial charge in [0.05, 0.1) is 31.5 Å². The molecule has 1 unspecified atom stereocenters. The molecule has 138 valence electrons. The van der Waals surface area contributed by atoms with Crippen LogP contribution >= 0.6 is 0 Å². The van der Waals surface area contributed by atoms with Crippen molar-refractivity contribution in [2.75, 3.05) is 13.2 Å². The highest BCUT2D eigenvalue weighted by atomic mass is 16.5. The molecule has 1 aromatic rings. The lowest BCUT2D eigenvalue weighted by atomic mass is 9.88. The highest BCUT2D eigenvalue weighted by Crippen LogP contribution is 2.30. The molecule has 1 aromatic carbocycles. The molecule has 1 atom stereocenters. The van der Waals surface area contributed by atoms with Gasteiger partial charge in [-0.1, -0.05) is 43.7 Å². The van der Waals surface area contributed by atoms with Gasteiger partial charge in [0.25, 0.3) is 0 Å². The Morgan fingerprint density at radius 3 is 2.72 bits per heavy atom. The summed E-state index contributed by atoms with van der Waals surface area (Å²) in [5.74, 6) is 0. The van der Waals surface area contributed by atoms with Gasteiger partial charge in [0.2, 0.25) is 0 Å². The van der Waals surface area contributed by atoms with E-state index in [1.54, 1.807) is 0 Å². The molecule has 3 nitrogen and oxygen atoms in total. The van der Waals surface area contributed by atoms with Crippen LogP contribution < -0.4 is 0 Å². The highest BCUT2D eigenvalue weighted by Gasteiger charge is 2.33. The van der Waals surface area contributed by atoms with Crippen molar-refractivity contribution in [2.45, 2.75) is 71.2 Å². The molecule has 2 rings (SSSR count). The highest BCUT2D eigenvalue weighted by molar-refractivity contribution is 5.23. The topological polar surface area (TPSA) is 38.7 Å². The lowest BCUT2D eigenvalue weighted by Gasteiger charge is -2.35. The van der Waals surface area contributed by atoms with E-state index in [0.29, 0.717) is 26.2 Å². The molecule has 1 N–H and O–H groups in total. The first-order valence-electron chi connectivity index (χ1n) is 9.45. The van der Waals surface area contributed by atoms with Crippen LogP contribution in [0.1, 0.15) is 58.4 Å². The predicted octanol–water partition coefficient (Wildman–Crippen LogP) is 4.80. The summed E-state index contributed by atoms with van der Waals surface area (Å²) >= 11 is 0. The molecule has 0 radical (unpaired) electrons. The van der Waals surface area contributed by atoms with Crippen molar-refractivity contribution in [3.63, 3.8) is 0 Å². The molecule has 0 aromatic heterocycles. The second kappa shape index (κ2) is 9.94. The third-order valence-corrected chi connectivity index (χ3v) is 4.64. The first kappa shape index (κ1) is 19.9. The zero-order valence-electron chi connectivity index (χ0n) is 15.9. The third-order valence-electron chi connectivity index (χ3n) is 4.64. The van der Waals surface area contributed by atoms with Crippen LogP contribution in [0.4, 0.5) is 0 Å². The minimum atomic E-state index is -0.453. The summed E-state index contributed by atoms with van der Waals surface area (Å²) < 4.78 is 11.7. The van der Waals surface area contributed by atoms with E-state index in [0.717, 1.165) is 31.3 Å². The van der Waals surface area contributed by atoms with E-state index in [2.05, 4.69) is 24.8 Å². The zero-order valence-corrected chi connectivity index (χ0v) is 15.9. The second-order valence-corrected chi connectivity index (χ2v) is 7.20. The molecule has 1 fully saturated rings. The predicted molar refractivity (Wildman–Crippen MR) is 101 cm³/mol. The van der Waals surface area contributed by atoms with E-state index in [4.69, 9.17) is 9.47 Å². The Morgan fingerprint density at radius 2 is 2.04 bits per heavy atom. The van der Waals surface area contributed by atoms with Crippen molar-refractivity contribution < 1.29 is 14.6 Å². The first-order chi connectivity index (χ1) is 12.0. The molecule has 3 heteroatoms. The van der Waals surface area contributed by atoms with Gasteiger partial charge in [-0.15, -0.1) is 5.73 Å². The average Bonchev–Trinajstić information content (AvgIpc) is 2.59. The van der Waals surface area contributed by atoms with E-state index < -0.39 is 11.7 Å². The van der Waals surface area contributed by atoms with Crippen LogP contribution in [0, 0.1) is 0 Å². The summed E-state index contributed by atoms with van der Waals surface area (Å²) in [4.78, 5) is 0. The fourth-order valence-corrected chi connectivity index (χ4v) is 3.07. The van der Waals surface area contributed by atoms with Gasteiger partial charge in [-0.3, -0.25) is 0 Å². The van der Waals surface area contributed by atoms with Crippen molar-refractivity contribution in [2.24, 2.45) is 0 Å². The van der Waals surface area contributed by atoms with Crippen LogP contribution in [0.2, 0.25) is 0 Å². The summed E-state index contributed by atoms with van der Waals surface area (Å²) in [7, 11) is 0. The van der Waals surface area contributed by atoms with Gasteiger partial charge in [-0.2, -0.15) is 0 Å². The van der Waals surface area contributed by atoms with Crippen molar-refractivity contribution in [1.82, 2.24) is 0 Å². The van der Waals surface area contributed by atoms with Crippen LogP contribution in [0.15, 0.2) is 47.2 Å². The Bertz CT molecular complexity index is 583. The summed E-state index contributed by atoms with van der Waals surface area (Å²) in [6, 6.07) is 10.2. The molecular weight excluding hydrogens is 312 g/mol. The molecule has 1 heterocycles. The van der Waals surface area contributed by atoms with Crippen molar-refractivity contribution in [1.29, 1.82) is 0 Å². The normalized spacial score (nSPS) is 19.5. The third kappa shape index (κ3) is 6.45. The van der Waals surface area contributed by atoms with Gasteiger partial charge >= 0.3 is 0 Å². The maximum absolute atomic E-state index is 10.4. The number of hydrogen-bond acceptors (Lipinski definition) is 3. The molecule has 0 amide bonds. The van der Waals surface area contributed by atoms with Crippen LogP contribution in [-0.4, -0.2) is 30.0 Å². The summed E-state index contributed by atoms with van der Waals surface area (Å²) in [5.41, 5.74) is 6.36. The number of rotatable bonds is 8. The van der Waals surface area contributed by atoms with Gasteiger partial charge in [-0.05, 0) is 44.2 Å². The number of aliphatic hydroxyl groups is 1. The van der Waals surface area contributed by atoms with Crippen LogP contribution in [0.3, 0.4) is 0 Å². The molecule has 1 aliphatic rings. The van der Waals surface area contributed by atoms with E-state index in [1.165, 1.54) is 11.1 Å². The lowest BCUT2D eigenvalue weighted by molar-refractivity contribution is -0.0485. The smallest absolute Gasteiger partial charge is 0.0934 e. The van der Waals surface area contributed by atoms with E-state index in [1.807, 2.05) is 32.0 Å². The lowest BCUT2D eigenvalue weighted by Crippen LogP contribution is -2.39. The number of aliphatic hydroxyl groups excluding tert-OH is 1. The molecule has 1 saturated heterocycles. The van der Waals surface area contributed by atoms with Crippen molar-refractivity contribution >= 4 is 0 Å². The fourth-order valence-electron chi connectivity index (χ4n) is 3.07. The van der Waals surface area contributed by atoms with Crippen LogP contribution in [0.25, 0.3) is 0 Å². The van der Waals surface area contributed by atoms with Crippen LogP contribution in [-0.2, 0) is 16.1 Å². The average molecular weight is 344 g/mol. The Labute approximate surface area is 152 Å². The quantitative estimate of drug-likeness (QED) is 0.544. The van der Waals surface area contributed by atoms with E-state index in [-0.39, 0.29) is 0 Å². The van der Waals surface area contributed by atoms with E-state index >= 15 is 0 Å². The molecule has 0 bridgehead atoms. The Balaban J connectivity index is 2.03. The summed E-state index contributed by atoms with van der Waals surface area (Å²) in [5, 5.41) is 10.4. The zero-order chi connectivity index (χ0) is 18.1. The van der Waals surface area contributed by atoms with Gasteiger partial charge < -0.3 is 14.6 Å². The Kier molecular flexibility index (Phi) is 7.92. The molecule has 1 aliphatic heterocycles. The standard InChI is InChI=1S/C22H32O3/c1-4-5-9-18(12-14-24-17-19-10-7-6-8-11-19)16-20-21(23)13-15-25-22(20,2)3/h6-8,10-11,21,23H,4-5,9,12-15,17H2,1-3H3. The number of hydrogen-bond donors (Lipinski definition) is 1. The van der Waals surface area contributed by atoms with Gasteiger partial charge in [0, 0.05) is 12.0 Å². The second-order valence-electron chi connectivity index (χ2n) is 7.20. The maximum atomic E-state index is 10.4. The summed E-state index contributed by atoms with van der Waals surface area (Å²) in [6.45, 7) is 8.13. The van der Waals surface area contributed by atoms with Crippen molar-refractivity contribution in [3.8, 4) is 0 Å². The largest absolute Gasteiger partial charge is 0.388 e. The molecular formula is C22H32O3. The van der Waals surface area contributed by atoms with Gasteiger partial charge in [0.15, 0.2) is 0 Å². The minimum absolute atomic E-state index is 0.444. The Hall–Kier alpha value is -1.38. The van der Waals surface area contributed by atoms with Gasteiger partial charge in [-0.25, -0.2) is 0 Å². The monoisotopic (exact) mass is 344 g/mol. The first-order valence-corrected chi connectivity index (χ1v) is 9.45. The number of ether oxygens (including phenoxy) is 2. The Morgan fingerprint density at radius 1 is 1.28 bits per heavy atom. The van der Waals surface area contributed by atoms with Crippen molar-refractivity contribution in [3.05, 3.63) is 52.8 Å². The molecule has 0 aliphatic carbocycles. The minimum Gasteiger partial charge on any atom is -0.388 e. The van der Waals surface area contributed by atoms with Crippen LogP contribution in [0.5, 0.6) is 0 Å². The molecule has 0 saturated carbocycles. The van der Waals surface area contributed by atoms with E-state index in [9.17, 15) is 5.11 Å².